The van der Waals surface area contributed by atoms with Gasteiger partial charge in [-0.3, -0.25) is 0 Å². The van der Waals surface area contributed by atoms with Crippen LogP contribution in [0.4, 0.5) is 6.01 Å². The molecule has 0 aliphatic rings. The molecular formula is C11H20ClN3O. The van der Waals surface area contributed by atoms with Gasteiger partial charge in [0.25, 0.3) is 6.01 Å². The Morgan fingerprint density at radius 2 is 2.06 bits per heavy atom. The van der Waals surface area contributed by atoms with Crippen molar-refractivity contribution in [2.24, 2.45) is 0 Å². The van der Waals surface area contributed by atoms with Crippen molar-refractivity contribution in [1.29, 1.82) is 0 Å². The number of rotatable bonds is 7. The van der Waals surface area contributed by atoms with Gasteiger partial charge >= 0.3 is 0 Å². The van der Waals surface area contributed by atoms with Crippen molar-refractivity contribution >= 4 is 17.6 Å². The van der Waals surface area contributed by atoms with Gasteiger partial charge in [0.2, 0.25) is 0 Å². The predicted molar refractivity (Wildman–Crippen MR) is 67.1 cm³/mol. The molecule has 16 heavy (non-hydrogen) atoms. The van der Waals surface area contributed by atoms with Crippen LogP contribution >= 0.6 is 11.6 Å². The fourth-order valence-electron chi connectivity index (χ4n) is 1.40. The van der Waals surface area contributed by atoms with E-state index in [1.165, 1.54) is 0 Å². The van der Waals surface area contributed by atoms with Crippen LogP contribution in [0.15, 0.2) is 10.7 Å². The summed E-state index contributed by atoms with van der Waals surface area (Å²) in [6, 6.07) is 0.680. The molecule has 4 nitrogen and oxygen atoms in total. The molecule has 1 aromatic heterocycles. The van der Waals surface area contributed by atoms with E-state index < -0.39 is 0 Å². The first-order valence-electron chi connectivity index (χ1n) is 5.57. The minimum Gasteiger partial charge on any atom is -0.432 e. The summed E-state index contributed by atoms with van der Waals surface area (Å²) in [6.07, 6.45) is 2.70. The van der Waals surface area contributed by atoms with Gasteiger partial charge in [0.15, 0.2) is 0 Å². The predicted octanol–water partition coefficient (Wildman–Crippen LogP) is 2.19. The molecule has 0 spiro atoms. The molecular weight excluding hydrogens is 226 g/mol. The van der Waals surface area contributed by atoms with Gasteiger partial charge in [-0.15, -0.1) is 11.6 Å². The highest BCUT2D eigenvalue weighted by molar-refractivity contribution is 6.16. The number of alkyl halides is 1. The lowest BCUT2D eigenvalue weighted by Crippen LogP contribution is -2.32. The Bertz CT molecular complexity index is 301. The van der Waals surface area contributed by atoms with Crippen LogP contribution in [0, 0.1) is 0 Å². The first kappa shape index (κ1) is 13.3. The average Bonchev–Trinajstić information content (AvgIpc) is 2.72. The van der Waals surface area contributed by atoms with Crippen LogP contribution in [0.25, 0.3) is 0 Å². The SMILES string of the molecule is CCCN(CCN(C)C)c1nc(CCl)co1. The molecule has 0 aliphatic carbocycles. The van der Waals surface area contributed by atoms with Crippen molar-refractivity contribution in [3.05, 3.63) is 12.0 Å². The van der Waals surface area contributed by atoms with E-state index in [4.69, 9.17) is 16.0 Å². The van der Waals surface area contributed by atoms with E-state index >= 15 is 0 Å². The van der Waals surface area contributed by atoms with E-state index in [0.29, 0.717) is 11.9 Å². The molecule has 0 saturated carbocycles. The van der Waals surface area contributed by atoms with E-state index in [1.807, 2.05) is 0 Å². The van der Waals surface area contributed by atoms with Crippen LogP contribution in [0.5, 0.6) is 0 Å². The summed E-state index contributed by atoms with van der Waals surface area (Å²) in [5.74, 6) is 0.400. The molecule has 0 fully saturated rings. The van der Waals surface area contributed by atoms with E-state index in [9.17, 15) is 0 Å². The van der Waals surface area contributed by atoms with E-state index in [0.717, 1.165) is 31.7 Å². The Hall–Kier alpha value is -0.740. The third kappa shape index (κ3) is 4.02. The number of hydrogen-bond acceptors (Lipinski definition) is 4. The lowest BCUT2D eigenvalue weighted by atomic mass is 10.4. The number of hydrogen-bond donors (Lipinski definition) is 0. The zero-order valence-electron chi connectivity index (χ0n) is 10.2. The topological polar surface area (TPSA) is 32.5 Å². The molecule has 0 atom stereocenters. The second-order valence-electron chi connectivity index (χ2n) is 4.05. The summed E-state index contributed by atoms with van der Waals surface area (Å²) in [7, 11) is 4.12. The summed E-state index contributed by atoms with van der Waals surface area (Å²) in [5.41, 5.74) is 0.794. The lowest BCUT2D eigenvalue weighted by Gasteiger charge is -2.21. The van der Waals surface area contributed by atoms with Gasteiger partial charge in [-0.1, -0.05) is 6.92 Å². The first-order chi connectivity index (χ1) is 7.67. The van der Waals surface area contributed by atoms with Gasteiger partial charge in [-0.2, -0.15) is 4.98 Å². The summed E-state index contributed by atoms with van der Waals surface area (Å²) in [6.45, 7) is 5.01. The summed E-state index contributed by atoms with van der Waals surface area (Å²) >= 11 is 5.70. The number of nitrogens with zero attached hydrogens (tertiary/aromatic N) is 3. The Morgan fingerprint density at radius 3 is 2.56 bits per heavy atom. The van der Waals surface area contributed by atoms with Crippen molar-refractivity contribution in [2.75, 3.05) is 38.6 Å². The normalized spacial score (nSPS) is 11.1. The second-order valence-corrected chi connectivity index (χ2v) is 4.31. The standard InChI is InChI=1S/C11H20ClN3O/c1-4-5-15(7-6-14(2)3)11-13-10(8-12)9-16-11/h9H,4-8H2,1-3H3. The minimum atomic E-state index is 0.400. The van der Waals surface area contributed by atoms with E-state index in [-0.39, 0.29) is 0 Å². The van der Waals surface area contributed by atoms with Gasteiger partial charge in [-0.05, 0) is 20.5 Å². The summed E-state index contributed by atoms with van der Waals surface area (Å²) in [5, 5.41) is 0. The Kier molecular flexibility index (Phi) is 5.63. The third-order valence-corrected chi connectivity index (χ3v) is 2.53. The molecule has 0 radical (unpaired) electrons. The van der Waals surface area contributed by atoms with Crippen LogP contribution in [0.2, 0.25) is 0 Å². The van der Waals surface area contributed by atoms with Crippen molar-refractivity contribution in [3.63, 3.8) is 0 Å². The largest absolute Gasteiger partial charge is 0.432 e. The lowest BCUT2D eigenvalue weighted by molar-refractivity contribution is 0.405. The van der Waals surface area contributed by atoms with Crippen molar-refractivity contribution in [3.8, 4) is 0 Å². The van der Waals surface area contributed by atoms with Crippen molar-refractivity contribution in [2.45, 2.75) is 19.2 Å². The molecule has 0 amide bonds. The molecule has 5 heteroatoms. The van der Waals surface area contributed by atoms with Gasteiger partial charge in [0, 0.05) is 19.6 Å². The average molecular weight is 246 g/mol. The Labute approximate surface area is 102 Å². The van der Waals surface area contributed by atoms with Gasteiger partial charge < -0.3 is 14.2 Å². The van der Waals surface area contributed by atoms with Gasteiger partial charge in [0.05, 0.1) is 11.6 Å². The molecule has 0 saturated heterocycles. The fourth-order valence-corrected chi connectivity index (χ4v) is 1.52. The first-order valence-corrected chi connectivity index (χ1v) is 6.10. The quantitative estimate of drug-likeness (QED) is 0.690. The smallest absolute Gasteiger partial charge is 0.297 e. The van der Waals surface area contributed by atoms with E-state index in [2.05, 4.69) is 35.8 Å². The Morgan fingerprint density at radius 1 is 1.31 bits per heavy atom. The molecule has 92 valence electrons. The number of halogens is 1. The van der Waals surface area contributed by atoms with Crippen LogP contribution in [-0.2, 0) is 5.88 Å². The minimum absolute atomic E-state index is 0.400. The zero-order valence-corrected chi connectivity index (χ0v) is 11.0. The highest BCUT2D eigenvalue weighted by atomic mass is 35.5. The molecule has 1 heterocycles. The van der Waals surface area contributed by atoms with Crippen molar-refractivity contribution < 1.29 is 4.42 Å². The molecule has 0 aromatic carbocycles. The maximum absolute atomic E-state index is 5.70. The van der Waals surface area contributed by atoms with Crippen molar-refractivity contribution in [1.82, 2.24) is 9.88 Å². The van der Waals surface area contributed by atoms with E-state index in [1.54, 1.807) is 6.26 Å². The van der Waals surface area contributed by atoms with Gasteiger partial charge in [0.1, 0.15) is 6.26 Å². The highest BCUT2D eigenvalue weighted by Crippen LogP contribution is 2.15. The maximum Gasteiger partial charge on any atom is 0.297 e. The number of aromatic nitrogens is 1. The highest BCUT2D eigenvalue weighted by Gasteiger charge is 2.12. The molecule has 1 rings (SSSR count). The second kappa shape index (κ2) is 6.76. The monoisotopic (exact) mass is 245 g/mol. The Balaban J connectivity index is 2.60. The fraction of sp³-hybridized carbons (Fsp3) is 0.727. The molecule has 0 unspecified atom stereocenters. The molecule has 0 bridgehead atoms. The summed E-state index contributed by atoms with van der Waals surface area (Å²) < 4.78 is 5.41. The van der Waals surface area contributed by atoms with Crippen LogP contribution in [-0.4, -0.2) is 43.6 Å². The number of anilines is 1. The third-order valence-electron chi connectivity index (χ3n) is 2.26. The molecule has 0 aliphatic heterocycles. The van der Waals surface area contributed by atoms with Gasteiger partial charge in [-0.25, -0.2) is 0 Å². The van der Waals surface area contributed by atoms with Crippen LogP contribution in [0.1, 0.15) is 19.0 Å². The van der Waals surface area contributed by atoms with Crippen LogP contribution in [0.3, 0.4) is 0 Å². The molecule has 0 N–H and O–H groups in total. The number of likely N-dealkylation sites (N-methyl/N-ethyl adjacent to an activating group) is 1. The molecule has 1 aromatic rings. The summed E-state index contributed by atoms with van der Waals surface area (Å²) in [4.78, 5) is 8.63. The maximum atomic E-state index is 5.70. The zero-order chi connectivity index (χ0) is 12.0. The van der Waals surface area contributed by atoms with Crippen LogP contribution < -0.4 is 4.90 Å². The number of oxazole rings is 1.